The minimum atomic E-state index is -0.319. The number of nitrogens with zero attached hydrogens (tertiary/aromatic N) is 4. The van der Waals surface area contributed by atoms with E-state index in [-0.39, 0.29) is 17.8 Å². The predicted molar refractivity (Wildman–Crippen MR) is 100 cm³/mol. The molecule has 1 aliphatic heterocycles. The highest BCUT2D eigenvalue weighted by molar-refractivity contribution is 5.78. The van der Waals surface area contributed by atoms with Gasteiger partial charge >= 0.3 is 0 Å². The zero-order chi connectivity index (χ0) is 19.2. The van der Waals surface area contributed by atoms with Gasteiger partial charge in [0.05, 0.1) is 24.5 Å². The Hall–Kier alpha value is -2.38. The maximum Gasteiger partial charge on any atom is 0.236 e. The van der Waals surface area contributed by atoms with Crippen LogP contribution in [0.3, 0.4) is 0 Å². The van der Waals surface area contributed by atoms with Crippen molar-refractivity contribution < 1.29 is 13.9 Å². The first-order valence-corrected chi connectivity index (χ1v) is 9.31. The molecule has 0 radical (unpaired) electrons. The van der Waals surface area contributed by atoms with Gasteiger partial charge < -0.3 is 9.64 Å². The van der Waals surface area contributed by atoms with Crippen LogP contribution < -0.4 is 0 Å². The van der Waals surface area contributed by atoms with Gasteiger partial charge in [-0.15, -0.1) is 0 Å². The molecule has 1 aliphatic rings. The summed E-state index contributed by atoms with van der Waals surface area (Å²) >= 11 is 0. The number of likely N-dealkylation sites (N-methyl/N-ethyl adjacent to an activating group) is 1. The number of halogens is 1. The molecule has 3 rings (SSSR count). The first-order chi connectivity index (χ1) is 13.1. The van der Waals surface area contributed by atoms with Gasteiger partial charge in [-0.25, -0.2) is 4.39 Å². The molecule has 0 unspecified atom stereocenters. The fourth-order valence-corrected chi connectivity index (χ4v) is 3.32. The molecule has 2 aromatic rings. The van der Waals surface area contributed by atoms with E-state index in [1.165, 1.54) is 12.1 Å². The fraction of sp³-hybridized carbons (Fsp3) is 0.450. The fourth-order valence-electron chi connectivity index (χ4n) is 3.32. The zero-order valence-electron chi connectivity index (χ0n) is 15.8. The number of carbonyl (C=O) groups excluding carboxylic acids is 1. The van der Waals surface area contributed by atoms with Gasteiger partial charge in [0.2, 0.25) is 5.91 Å². The maximum absolute atomic E-state index is 13.6. The average Bonchev–Trinajstić information content (AvgIpc) is 2.69. The van der Waals surface area contributed by atoms with Crippen molar-refractivity contribution in [2.45, 2.75) is 20.0 Å². The lowest BCUT2D eigenvalue weighted by Crippen LogP contribution is -2.45. The van der Waals surface area contributed by atoms with Crippen LogP contribution in [0, 0.1) is 5.82 Å². The molecule has 0 aliphatic carbocycles. The molecule has 27 heavy (non-hydrogen) atoms. The number of ether oxygens (including phenoxy) is 1. The van der Waals surface area contributed by atoms with Gasteiger partial charge in [0.15, 0.2) is 0 Å². The predicted octanol–water partition coefficient (Wildman–Crippen LogP) is 2.52. The third kappa shape index (κ3) is 4.67. The average molecular weight is 372 g/mol. The monoisotopic (exact) mass is 372 g/mol. The lowest BCUT2D eigenvalue weighted by Gasteiger charge is -2.33. The molecule has 1 aromatic carbocycles. The molecule has 2 heterocycles. The van der Waals surface area contributed by atoms with Crippen LogP contribution in [0.5, 0.6) is 0 Å². The van der Waals surface area contributed by atoms with Crippen molar-refractivity contribution in [1.29, 1.82) is 0 Å². The first-order valence-electron chi connectivity index (χ1n) is 9.31. The van der Waals surface area contributed by atoms with Crippen LogP contribution in [0.2, 0.25) is 0 Å². The number of aromatic nitrogens is 2. The molecule has 1 amide bonds. The number of benzene rings is 1. The van der Waals surface area contributed by atoms with Crippen LogP contribution in [0.15, 0.2) is 36.7 Å². The second-order valence-corrected chi connectivity index (χ2v) is 6.46. The lowest BCUT2D eigenvalue weighted by atomic mass is 10.1. The summed E-state index contributed by atoms with van der Waals surface area (Å²) in [5.41, 5.74) is 1.94. The van der Waals surface area contributed by atoms with Gasteiger partial charge in [0.25, 0.3) is 0 Å². The van der Waals surface area contributed by atoms with E-state index >= 15 is 0 Å². The van der Waals surface area contributed by atoms with Crippen molar-refractivity contribution in [1.82, 2.24) is 19.8 Å². The van der Waals surface area contributed by atoms with Crippen LogP contribution in [0.4, 0.5) is 4.39 Å². The van der Waals surface area contributed by atoms with E-state index in [9.17, 15) is 9.18 Å². The summed E-state index contributed by atoms with van der Waals surface area (Å²) in [7, 11) is 0. The van der Waals surface area contributed by atoms with Crippen LogP contribution >= 0.6 is 0 Å². The molecule has 0 N–H and O–H groups in total. The number of morpholine rings is 1. The summed E-state index contributed by atoms with van der Waals surface area (Å²) in [6.45, 7) is 7.48. The van der Waals surface area contributed by atoms with E-state index < -0.39 is 0 Å². The van der Waals surface area contributed by atoms with Gasteiger partial charge in [-0.3, -0.25) is 19.7 Å². The standard InChI is InChI=1S/C20H25FN4O2/c1-3-25(4-2)18(26)14-24-10-11-27-17(13-24)20-19(22-8-9-23-20)15-6-5-7-16(21)12-15/h5-9,12,17H,3-4,10-11,13-14H2,1-2H3/t17-/m1/s1. The Labute approximate surface area is 159 Å². The molecule has 144 valence electrons. The highest BCUT2D eigenvalue weighted by Gasteiger charge is 2.28. The Morgan fingerprint density at radius 2 is 2.07 bits per heavy atom. The number of carbonyl (C=O) groups is 1. The highest BCUT2D eigenvalue weighted by atomic mass is 19.1. The minimum Gasteiger partial charge on any atom is -0.369 e. The molecule has 1 saturated heterocycles. The van der Waals surface area contributed by atoms with Crippen molar-refractivity contribution in [2.24, 2.45) is 0 Å². The molecule has 7 heteroatoms. The van der Waals surface area contributed by atoms with Crippen LogP contribution in [-0.4, -0.2) is 65.0 Å². The number of hydrogen-bond acceptors (Lipinski definition) is 5. The number of amides is 1. The van der Waals surface area contributed by atoms with Gasteiger partial charge in [-0.05, 0) is 26.0 Å². The van der Waals surface area contributed by atoms with Gasteiger partial charge in [-0.2, -0.15) is 0 Å². The number of rotatable bonds is 6. The summed E-state index contributed by atoms with van der Waals surface area (Å²) in [6, 6.07) is 6.30. The SMILES string of the molecule is CCN(CC)C(=O)CN1CCO[C@@H](c2nccnc2-c2cccc(F)c2)C1. The van der Waals surface area contributed by atoms with Crippen molar-refractivity contribution in [3.8, 4) is 11.3 Å². The topological polar surface area (TPSA) is 58.6 Å². The Morgan fingerprint density at radius 1 is 1.30 bits per heavy atom. The molecule has 0 bridgehead atoms. The van der Waals surface area contributed by atoms with Crippen LogP contribution in [0.1, 0.15) is 25.6 Å². The maximum atomic E-state index is 13.6. The smallest absolute Gasteiger partial charge is 0.236 e. The Morgan fingerprint density at radius 3 is 2.81 bits per heavy atom. The third-order valence-corrected chi connectivity index (χ3v) is 4.76. The molecule has 6 nitrogen and oxygen atoms in total. The Kier molecular flexibility index (Phi) is 6.47. The Bertz CT molecular complexity index is 782. The quantitative estimate of drug-likeness (QED) is 0.780. The van der Waals surface area contributed by atoms with Crippen molar-refractivity contribution in [3.05, 3.63) is 48.2 Å². The van der Waals surface area contributed by atoms with E-state index in [4.69, 9.17) is 4.74 Å². The summed E-state index contributed by atoms with van der Waals surface area (Å²) in [5, 5.41) is 0. The number of hydrogen-bond donors (Lipinski definition) is 0. The summed E-state index contributed by atoms with van der Waals surface area (Å²) in [4.78, 5) is 25.2. The molecular formula is C20H25FN4O2. The second-order valence-electron chi connectivity index (χ2n) is 6.46. The molecular weight excluding hydrogens is 347 g/mol. The molecule has 1 fully saturated rings. The van der Waals surface area contributed by atoms with E-state index in [2.05, 4.69) is 14.9 Å². The third-order valence-electron chi connectivity index (χ3n) is 4.76. The highest BCUT2D eigenvalue weighted by Crippen LogP contribution is 2.29. The largest absolute Gasteiger partial charge is 0.369 e. The van der Waals surface area contributed by atoms with Crippen molar-refractivity contribution in [2.75, 3.05) is 39.3 Å². The van der Waals surface area contributed by atoms with Gasteiger partial charge in [0, 0.05) is 44.1 Å². The summed E-state index contributed by atoms with van der Waals surface area (Å²) in [6.07, 6.45) is 2.89. The van der Waals surface area contributed by atoms with Gasteiger partial charge in [-0.1, -0.05) is 12.1 Å². The van der Waals surface area contributed by atoms with E-state index in [1.807, 2.05) is 18.7 Å². The van der Waals surface area contributed by atoms with Crippen molar-refractivity contribution in [3.63, 3.8) is 0 Å². The molecule has 1 aromatic heterocycles. The summed E-state index contributed by atoms with van der Waals surface area (Å²) < 4.78 is 19.6. The molecule has 0 saturated carbocycles. The lowest BCUT2D eigenvalue weighted by molar-refractivity contribution is -0.134. The normalized spacial score (nSPS) is 17.7. The second kappa shape index (κ2) is 9.01. The molecule has 1 atom stereocenters. The van der Waals surface area contributed by atoms with E-state index in [1.54, 1.807) is 24.5 Å². The first kappa shape index (κ1) is 19.4. The van der Waals surface area contributed by atoms with E-state index in [0.717, 1.165) is 0 Å². The van der Waals surface area contributed by atoms with Crippen LogP contribution in [0.25, 0.3) is 11.3 Å². The Balaban J connectivity index is 1.78. The molecule has 0 spiro atoms. The minimum absolute atomic E-state index is 0.116. The van der Waals surface area contributed by atoms with Crippen LogP contribution in [-0.2, 0) is 9.53 Å². The zero-order valence-corrected chi connectivity index (χ0v) is 15.8. The van der Waals surface area contributed by atoms with E-state index in [0.29, 0.717) is 56.3 Å². The summed E-state index contributed by atoms with van der Waals surface area (Å²) in [5.74, 6) is -0.203. The van der Waals surface area contributed by atoms with Gasteiger partial charge in [0.1, 0.15) is 11.9 Å². The van der Waals surface area contributed by atoms with Crippen molar-refractivity contribution >= 4 is 5.91 Å².